The number of halogens is 2. The molecule has 1 rings (SSSR count). The Bertz CT molecular complexity index is 807. The fourth-order valence-corrected chi connectivity index (χ4v) is 2.16. The van der Waals surface area contributed by atoms with Crippen molar-refractivity contribution in [3.8, 4) is 23.7 Å². The first kappa shape index (κ1) is 22.8. The molecule has 4 nitrogen and oxygen atoms in total. The van der Waals surface area contributed by atoms with Crippen LogP contribution in [0.25, 0.3) is 0 Å². The molecule has 0 amide bonds. The van der Waals surface area contributed by atoms with Gasteiger partial charge in [0.2, 0.25) is 0 Å². The molecule has 1 aromatic carbocycles. The van der Waals surface area contributed by atoms with Crippen molar-refractivity contribution in [1.82, 2.24) is 0 Å². The molecule has 0 aliphatic heterocycles. The Kier molecular flexibility index (Phi) is 11.0. The summed E-state index contributed by atoms with van der Waals surface area (Å²) in [5.41, 5.74) is 0.720. The largest absolute Gasteiger partial charge is 0.481 e. The van der Waals surface area contributed by atoms with Gasteiger partial charge >= 0.3 is 5.97 Å². The number of aliphatic hydroxyl groups is 2. The predicted octanol–water partition coefficient (Wildman–Crippen LogP) is 3.83. The van der Waals surface area contributed by atoms with Crippen molar-refractivity contribution in [3.63, 3.8) is 0 Å². The van der Waals surface area contributed by atoms with Crippen molar-refractivity contribution < 1.29 is 20.1 Å². The monoisotopic (exact) mass is 406 g/mol. The molecule has 142 valence electrons. The van der Waals surface area contributed by atoms with Crippen LogP contribution >= 0.6 is 23.2 Å². The van der Waals surface area contributed by atoms with Gasteiger partial charge in [-0.05, 0) is 37.1 Å². The summed E-state index contributed by atoms with van der Waals surface area (Å²) >= 11 is 11.7. The third-order valence-electron chi connectivity index (χ3n) is 3.21. The van der Waals surface area contributed by atoms with Crippen LogP contribution in [0, 0.1) is 23.7 Å². The summed E-state index contributed by atoms with van der Waals surface area (Å²) in [6.07, 6.45) is 5.78. The molecular formula is C21H20Cl2O4. The molecule has 0 bridgehead atoms. The SMILES string of the molecule is O=C(O)CCC[C@@H](O)C#C/C=C/C=C/[C@H](O)CC#Cc1ccc(Cl)c(Cl)c1. The van der Waals surface area contributed by atoms with E-state index < -0.39 is 18.2 Å². The summed E-state index contributed by atoms with van der Waals surface area (Å²) in [5.74, 6) is 10.1. The van der Waals surface area contributed by atoms with Crippen molar-refractivity contribution in [2.75, 3.05) is 0 Å². The Labute approximate surface area is 169 Å². The molecule has 0 aromatic heterocycles. The Morgan fingerprint density at radius 3 is 2.67 bits per heavy atom. The highest BCUT2D eigenvalue weighted by Gasteiger charge is 2.01. The van der Waals surface area contributed by atoms with Gasteiger partial charge in [-0.1, -0.05) is 65.1 Å². The summed E-state index contributed by atoms with van der Waals surface area (Å²) in [5, 5.41) is 28.8. The molecule has 0 spiro atoms. The summed E-state index contributed by atoms with van der Waals surface area (Å²) in [6, 6.07) is 5.08. The number of hydrogen-bond acceptors (Lipinski definition) is 3. The lowest BCUT2D eigenvalue weighted by Crippen LogP contribution is -2.04. The number of hydrogen-bond donors (Lipinski definition) is 3. The second-order valence-electron chi connectivity index (χ2n) is 5.54. The molecule has 0 aliphatic rings. The van der Waals surface area contributed by atoms with Crippen LogP contribution in [0.4, 0.5) is 0 Å². The average molecular weight is 407 g/mol. The average Bonchev–Trinajstić information content (AvgIpc) is 2.60. The molecule has 27 heavy (non-hydrogen) atoms. The van der Waals surface area contributed by atoms with Crippen molar-refractivity contribution >= 4 is 29.2 Å². The number of carbonyl (C=O) groups is 1. The highest BCUT2D eigenvalue weighted by Crippen LogP contribution is 2.22. The van der Waals surface area contributed by atoms with E-state index in [9.17, 15) is 15.0 Å². The zero-order chi connectivity index (χ0) is 20.1. The molecular weight excluding hydrogens is 387 g/mol. The fourth-order valence-electron chi connectivity index (χ4n) is 1.86. The van der Waals surface area contributed by atoms with Gasteiger partial charge in [0.25, 0.3) is 0 Å². The van der Waals surface area contributed by atoms with Crippen LogP contribution in [-0.2, 0) is 4.79 Å². The minimum Gasteiger partial charge on any atom is -0.481 e. The smallest absolute Gasteiger partial charge is 0.303 e. The van der Waals surface area contributed by atoms with E-state index in [1.807, 2.05) is 0 Å². The molecule has 0 heterocycles. The van der Waals surface area contributed by atoms with Crippen LogP contribution in [0.15, 0.2) is 42.5 Å². The standard InChI is InChI=1S/C21H20Cl2O4/c22-19-14-13-16(15-20(19)23)7-5-10-17(24)8-3-1-2-4-9-18(25)11-6-12-21(26)27/h1-3,8,13-15,17-18,24-25H,6,10-12H2,(H,26,27)/b2-1+,8-3+/t17-,18-/m0/s1. The molecule has 1 aromatic rings. The van der Waals surface area contributed by atoms with Gasteiger partial charge in [0.05, 0.1) is 16.1 Å². The van der Waals surface area contributed by atoms with E-state index in [4.69, 9.17) is 28.3 Å². The zero-order valence-corrected chi connectivity index (χ0v) is 16.0. The maximum Gasteiger partial charge on any atom is 0.303 e. The molecule has 0 saturated heterocycles. The van der Waals surface area contributed by atoms with Gasteiger partial charge in [-0.3, -0.25) is 4.79 Å². The molecule has 0 radical (unpaired) electrons. The van der Waals surface area contributed by atoms with Crippen molar-refractivity contribution in [2.24, 2.45) is 0 Å². The minimum absolute atomic E-state index is 0.0170. The highest BCUT2D eigenvalue weighted by molar-refractivity contribution is 6.42. The second-order valence-corrected chi connectivity index (χ2v) is 6.35. The quantitative estimate of drug-likeness (QED) is 0.474. The number of rotatable bonds is 7. The normalized spacial score (nSPS) is 12.9. The third kappa shape index (κ3) is 11.2. The lowest BCUT2D eigenvalue weighted by atomic mass is 10.1. The number of aliphatic hydroxyl groups excluding tert-OH is 2. The van der Waals surface area contributed by atoms with Crippen LogP contribution in [-0.4, -0.2) is 33.5 Å². The molecule has 0 aliphatic carbocycles. The number of benzene rings is 1. The topological polar surface area (TPSA) is 77.8 Å². The number of carboxylic acid groups (broad SMARTS) is 1. The lowest BCUT2D eigenvalue weighted by molar-refractivity contribution is -0.137. The van der Waals surface area contributed by atoms with Gasteiger partial charge in [-0.2, -0.15) is 0 Å². The molecule has 0 unspecified atom stereocenters. The molecule has 6 heteroatoms. The Balaban J connectivity index is 2.35. The van der Waals surface area contributed by atoms with E-state index in [0.717, 1.165) is 5.56 Å². The Morgan fingerprint density at radius 2 is 1.96 bits per heavy atom. The lowest BCUT2D eigenvalue weighted by Gasteiger charge is -1.99. The van der Waals surface area contributed by atoms with Gasteiger partial charge in [0.1, 0.15) is 6.10 Å². The summed E-state index contributed by atoms with van der Waals surface area (Å²) in [7, 11) is 0. The highest BCUT2D eigenvalue weighted by atomic mass is 35.5. The van der Waals surface area contributed by atoms with E-state index in [1.54, 1.807) is 36.4 Å². The Morgan fingerprint density at radius 1 is 1.19 bits per heavy atom. The summed E-state index contributed by atoms with van der Waals surface area (Å²) in [4.78, 5) is 10.4. The van der Waals surface area contributed by atoms with Crippen molar-refractivity contribution in [2.45, 2.75) is 37.9 Å². The molecule has 2 atom stereocenters. The molecule has 3 N–H and O–H groups in total. The van der Waals surface area contributed by atoms with Crippen LogP contribution in [0.5, 0.6) is 0 Å². The first-order chi connectivity index (χ1) is 12.9. The number of carboxylic acids is 1. The summed E-state index contributed by atoms with van der Waals surface area (Å²) in [6.45, 7) is 0. The predicted molar refractivity (Wildman–Crippen MR) is 108 cm³/mol. The first-order valence-corrected chi connectivity index (χ1v) is 9.00. The van der Waals surface area contributed by atoms with Gasteiger partial charge in [0, 0.05) is 18.4 Å². The molecule has 0 saturated carbocycles. The van der Waals surface area contributed by atoms with E-state index in [2.05, 4.69) is 23.7 Å². The molecule has 0 fully saturated rings. The van der Waals surface area contributed by atoms with Gasteiger partial charge < -0.3 is 15.3 Å². The van der Waals surface area contributed by atoms with E-state index >= 15 is 0 Å². The maximum atomic E-state index is 10.4. The van der Waals surface area contributed by atoms with Gasteiger partial charge in [0.15, 0.2) is 0 Å². The number of allylic oxidation sites excluding steroid dienone is 3. The van der Waals surface area contributed by atoms with Crippen molar-refractivity contribution in [3.05, 3.63) is 58.1 Å². The van der Waals surface area contributed by atoms with E-state index in [1.165, 1.54) is 6.08 Å². The van der Waals surface area contributed by atoms with Crippen LogP contribution < -0.4 is 0 Å². The minimum atomic E-state index is -0.889. The van der Waals surface area contributed by atoms with E-state index in [-0.39, 0.29) is 12.8 Å². The van der Waals surface area contributed by atoms with E-state index in [0.29, 0.717) is 22.9 Å². The van der Waals surface area contributed by atoms with Crippen LogP contribution in [0.3, 0.4) is 0 Å². The fraction of sp³-hybridized carbons (Fsp3) is 0.286. The summed E-state index contributed by atoms with van der Waals surface area (Å²) < 4.78 is 0. The Hall–Kier alpha value is -2.21. The number of aliphatic carboxylic acids is 1. The maximum absolute atomic E-state index is 10.4. The first-order valence-electron chi connectivity index (χ1n) is 8.24. The van der Waals surface area contributed by atoms with Gasteiger partial charge in [-0.25, -0.2) is 0 Å². The third-order valence-corrected chi connectivity index (χ3v) is 3.94. The zero-order valence-electron chi connectivity index (χ0n) is 14.5. The van der Waals surface area contributed by atoms with Crippen molar-refractivity contribution in [1.29, 1.82) is 0 Å². The van der Waals surface area contributed by atoms with Gasteiger partial charge in [-0.15, -0.1) is 0 Å². The second kappa shape index (κ2) is 13.0. The van der Waals surface area contributed by atoms with Crippen LogP contribution in [0.1, 0.15) is 31.2 Å². The van der Waals surface area contributed by atoms with Crippen LogP contribution in [0.2, 0.25) is 10.0 Å².